The summed E-state index contributed by atoms with van der Waals surface area (Å²) in [5.41, 5.74) is 21.9. The fourth-order valence-corrected chi connectivity index (χ4v) is 11.5. The van der Waals surface area contributed by atoms with Crippen LogP contribution in [0.4, 0.5) is 0 Å². The molecule has 1 aliphatic carbocycles. The Morgan fingerprint density at radius 3 is 1.17 bits per heavy atom. The summed E-state index contributed by atoms with van der Waals surface area (Å²) in [4.78, 5) is 9.43. The predicted octanol–water partition coefficient (Wildman–Crippen LogP) is 17.1. The van der Waals surface area contributed by atoms with Crippen molar-refractivity contribution < 1.29 is 8.83 Å². The minimum Gasteiger partial charge on any atom is -0.436 e. The van der Waals surface area contributed by atoms with E-state index < -0.39 is 0 Å². The van der Waals surface area contributed by atoms with E-state index in [1.807, 2.05) is 48.5 Å². The van der Waals surface area contributed by atoms with E-state index in [1.54, 1.807) is 0 Å². The first-order chi connectivity index (χ1) is 34.9. The summed E-state index contributed by atoms with van der Waals surface area (Å²) in [6.07, 6.45) is 0. The number of benzene rings is 10. The molecule has 15 rings (SSSR count). The maximum Gasteiger partial charge on any atom is 0.227 e. The van der Waals surface area contributed by atoms with Gasteiger partial charge >= 0.3 is 0 Å². The number of hydrogen-bond donors (Lipinski definition) is 0. The predicted molar refractivity (Wildman–Crippen MR) is 290 cm³/mol. The third-order valence-corrected chi connectivity index (χ3v) is 15.0. The molecule has 1 aliphatic rings. The highest BCUT2D eigenvalue weighted by Gasteiger charge is 2.36. The Labute approximate surface area is 408 Å². The van der Waals surface area contributed by atoms with Crippen LogP contribution in [-0.2, 0) is 5.41 Å². The molecular formula is C65H42N4O2. The van der Waals surface area contributed by atoms with E-state index in [0.29, 0.717) is 11.8 Å². The molecule has 0 amide bonds. The topological polar surface area (TPSA) is 61.9 Å². The summed E-state index contributed by atoms with van der Waals surface area (Å²) < 4.78 is 17.0. The van der Waals surface area contributed by atoms with Crippen molar-refractivity contribution >= 4 is 65.8 Å². The van der Waals surface area contributed by atoms with Gasteiger partial charge in [-0.15, -0.1) is 0 Å². The van der Waals surface area contributed by atoms with Crippen LogP contribution in [-0.4, -0.2) is 19.1 Å². The number of rotatable bonds is 6. The molecule has 0 aliphatic heterocycles. The van der Waals surface area contributed by atoms with Gasteiger partial charge in [-0.2, -0.15) is 0 Å². The largest absolute Gasteiger partial charge is 0.436 e. The molecule has 4 aromatic heterocycles. The minimum absolute atomic E-state index is 0.247. The van der Waals surface area contributed by atoms with E-state index in [0.717, 1.165) is 67.0 Å². The summed E-state index contributed by atoms with van der Waals surface area (Å²) in [6.45, 7) is 4.76. The number of nitrogens with zero attached hydrogens (tertiary/aromatic N) is 4. The van der Waals surface area contributed by atoms with Crippen LogP contribution < -0.4 is 0 Å². The Hall–Kier alpha value is -9.26. The van der Waals surface area contributed by atoms with Crippen LogP contribution in [0.3, 0.4) is 0 Å². The van der Waals surface area contributed by atoms with Gasteiger partial charge < -0.3 is 18.0 Å². The number of hydrogen-bond acceptors (Lipinski definition) is 4. The van der Waals surface area contributed by atoms with Gasteiger partial charge in [0.2, 0.25) is 11.8 Å². The molecule has 71 heavy (non-hydrogen) atoms. The molecule has 0 spiro atoms. The van der Waals surface area contributed by atoms with Gasteiger partial charge in [0, 0.05) is 49.5 Å². The van der Waals surface area contributed by atoms with Crippen LogP contribution >= 0.6 is 0 Å². The van der Waals surface area contributed by atoms with Crippen LogP contribution in [0.1, 0.15) is 25.0 Å². The van der Waals surface area contributed by atoms with Crippen molar-refractivity contribution in [1.82, 2.24) is 19.1 Å². The molecule has 10 aromatic carbocycles. The Morgan fingerprint density at radius 2 is 0.718 bits per heavy atom. The summed E-state index contributed by atoms with van der Waals surface area (Å²) in [6, 6.07) is 78.3. The lowest BCUT2D eigenvalue weighted by molar-refractivity contribution is 0.619. The lowest BCUT2D eigenvalue weighted by Crippen LogP contribution is -2.16. The maximum atomic E-state index is 6.07. The van der Waals surface area contributed by atoms with Gasteiger partial charge in [0.1, 0.15) is 11.0 Å². The Kier molecular flexibility index (Phi) is 8.32. The number of fused-ring (bicyclic) bond motifs is 11. The highest BCUT2D eigenvalue weighted by Crippen LogP contribution is 2.51. The Morgan fingerprint density at radius 1 is 0.338 bits per heavy atom. The van der Waals surface area contributed by atoms with E-state index in [9.17, 15) is 0 Å². The molecule has 0 N–H and O–H groups in total. The van der Waals surface area contributed by atoms with Gasteiger partial charge in [-0.25, -0.2) is 9.97 Å². The van der Waals surface area contributed by atoms with E-state index >= 15 is 0 Å². The highest BCUT2D eigenvalue weighted by molar-refractivity contribution is 6.12. The summed E-state index contributed by atoms with van der Waals surface area (Å²) in [7, 11) is 0. The van der Waals surface area contributed by atoms with Crippen LogP contribution in [0.25, 0.3) is 133 Å². The fraction of sp³-hybridized carbons (Fsp3) is 0.0462. The third-order valence-electron chi connectivity index (χ3n) is 15.0. The molecular weight excluding hydrogens is 869 g/mol. The SMILES string of the molecule is CC1(C)c2cc(-n3c4ccccc4c4cc(-c5ccc(-c6nc7ccccc7o6)cc5)ccc43)ccc2-c2ccc(-n3c4ccccc4c4cc(-c5ccc(-c6nc7ccccc7o6)cc5)ccc43)cc21. The molecule has 0 unspecified atom stereocenters. The van der Waals surface area contributed by atoms with Gasteiger partial charge in [0.25, 0.3) is 0 Å². The van der Waals surface area contributed by atoms with Gasteiger partial charge in [-0.05, 0) is 154 Å². The molecule has 0 saturated heterocycles. The first-order valence-corrected chi connectivity index (χ1v) is 24.2. The lowest BCUT2D eigenvalue weighted by atomic mass is 9.82. The Balaban J connectivity index is 0.771. The second-order valence-electron chi connectivity index (χ2n) is 19.4. The number of aromatic nitrogens is 4. The molecule has 0 atom stereocenters. The third kappa shape index (κ3) is 6.01. The molecule has 0 bridgehead atoms. The highest BCUT2D eigenvalue weighted by atomic mass is 16.4. The van der Waals surface area contributed by atoms with E-state index in [-0.39, 0.29) is 5.41 Å². The lowest BCUT2D eigenvalue weighted by Gasteiger charge is -2.23. The van der Waals surface area contributed by atoms with Gasteiger partial charge in [-0.3, -0.25) is 0 Å². The summed E-state index contributed by atoms with van der Waals surface area (Å²) in [5.74, 6) is 1.26. The second-order valence-corrected chi connectivity index (χ2v) is 19.4. The minimum atomic E-state index is -0.247. The molecule has 14 aromatic rings. The maximum absolute atomic E-state index is 6.07. The van der Waals surface area contributed by atoms with Gasteiger partial charge in [0.15, 0.2) is 11.2 Å². The molecule has 6 nitrogen and oxygen atoms in total. The fourth-order valence-electron chi connectivity index (χ4n) is 11.5. The molecule has 0 radical (unpaired) electrons. The van der Waals surface area contributed by atoms with Crippen molar-refractivity contribution in [3.63, 3.8) is 0 Å². The normalized spacial score (nSPS) is 13.0. The van der Waals surface area contributed by atoms with Crippen molar-refractivity contribution in [3.8, 4) is 67.7 Å². The van der Waals surface area contributed by atoms with E-state index in [2.05, 4.69) is 193 Å². The zero-order valence-corrected chi connectivity index (χ0v) is 38.9. The summed E-state index contributed by atoms with van der Waals surface area (Å²) >= 11 is 0. The van der Waals surface area contributed by atoms with Crippen molar-refractivity contribution in [3.05, 3.63) is 230 Å². The zero-order chi connectivity index (χ0) is 47.0. The Bertz CT molecular complexity index is 4130. The zero-order valence-electron chi connectivity index (χ0n) is 38.9. The van der Waals surface area contributed by atoms with Crippen LogP contribution in [0.15, 0.2) is 227 Å². The number of para-hydroxylation sites is 6. The quantitative estimate of drug-likeness (QED) is 0.167. The van der Waals surface area contributed by atoms with Crippen LogP contribution in [0.2, 0.25) is 0 Å². The monoisotopic (exact) mass is 910 g/mol. The number of oxazole rings is 2. The first kappa shape index (κ1) is 39.7. The van der Waals surface area contributed by atoms with E-state index in [4.69, 9.17) is 18.8 Å². The van der Waals surface area contributed by atoms with Crippen molar-refractivity contribution in [1.29, 1.82) is 0 Å². The van der Waals surface area contributed by atoms with Crippen molar-refractivity contribution in [2.45, 2.75) is 19.3 Å². The standard InChI is InChI=1S/C65H42N4O2/c1-65(2)53-37-45(68-57-15-7-3-11-49(57)51-35-43(27-33-59(51)68)39-19-23-41(24-20-39)63-66-55-13-5-9-17-61(55)70-63)29-31-47(53)48-32-30-46(38-54(48)65)69-58-16-8-4-12-50(58)52-36-44(28-34-60(52)69)40-21-25-42(26-22-40)64-67-56-14-6-10-18-62(56)71-64/h3-38H,1-2H3. The molecule has 4 heterocycles. The van der Waals surface area contributed by atoms with E-state index in [1.165, 1.54) is 65.9 Å². The molecule has 6 heteroatoms. The first-order valence-electron chi connectivity index (χ1n) is 24.2. The van der Waals surface area contributed by atoms with Gasteiger partial charge in [-0.1, -0.05) is 123 Å². The smallest absolute Gasteiger partial charge is 0.227 e. The van der Waals surface area contributed by atoms with Crippen molar-refractivity contribution in [2.75, 3.05) is 0 Å². The average molecular weight is 911 g/mol. The van der Waals surface area contributed by atoms with Crippen molar-refractivity contribution in [2.24, 2.45) is 0 Å². The van der Waals surface area contributed by atoms with Crippen LogP contribution in [0, 0.1) is 0 Å². The van der Waals surface area contributed by atoms with Crippen LogP contribution in [0.5, 0.6) is 0 Å². The molecule has 334 valence electrons. The van der Waals surface area contributed by atoms with Gasteiger partial charge in [0.05, 0.1) is 22.1 Å². The molecule has 0 saturated carbocycles. The summed E-state index contributed by atoms with van der Waals surface area (Å²) in [5, 5.41) is 4.91. The molecule has 0 fully saturated rings. The average Bonchev–Trinajstić information content (AvgIpc) is 4.24. The second kappa shape index (κ2) is 14.9.